The predicted octanol–water partition coefficient (Wildman–Crippen LogP) is 2.89. The maximum atomic E-state index is 10.5. The van der Waals surface area contributed by atoms with Gasteiger partial charge in [0.05, 0.1) is 22.6 Å². The normalized spacial score (nSPS) is 24.0. The third-order valence-corrected chi connectivity index (χ3v) is 8.24. The minimum Gasteiger partial charge on any atom is -0.387 e. The molecule has 33 heavy (non-hydrogen) atoms. The number of nitrogens with zero attached hydrogens (tertiary/aromatic N) is 5. The number of hydrogen-bond donors (Lipinski definition) is 4. The first-order valence-corrected chi connectivity index (χ1v) is 13.0. The molecule has 1 aromatic carbocycles. The van der Waals surface area contributed by atoms with Gasteiger partial charge in [-0.3, -0.25) is 4.57 Å². The Hall–Kier alpha value is -1.96. The second-order valence-electron chi connectivity index (χ2n) is 7.98. The van der Waals surface area contributed by atoms with E-state index in [-0.39, 0.29) is 6.04 Å². The van der Waals surface area contributed by atoms with Crippen LogP contribution in [0.25, 0.3) is 21.4 Å². The van der Waals surface area contributed by atoms with Crippen LogP contribution in [0.15, 0.2) is 34.9 Å². The molecule has 1 aliphatic rings. The predicted molar refractivity (Wildman–Crippen MR) is 133 cm³/mol. The Morgan fingerprint density at radius 3 is 2.82 bits per heavy atom. The fourth-order valence-corrected chi connectivity index (χ4v) is 6.15. The lowest BCUT2D eigenvalue weighted by atomic mass is 10.1. The van der Waals surface area contributed by atoms with Crippen LogP contribution in [0.3, 0.4) is 0 Å². The minimum absolute atomic E-state index is 0.0911. The molecule has 4 heterocycles. The van der Waals surface area contributed by atoms with E-state index in [1.165, 1.54) is 4.70 Å². The Balaban J connectivity index is 1.34. The van der Waals surface area contributed by atoms with Gasteiger partial charge in [0, 0.05) is 17.5 Å². The number of thiazole rings is 1. The Bertz CT molecular complexity index is 1250. The molecule has 9 nitrogen and oxygen atoms in total. The molecule has 12 heteroatoms. The Kier molecular flexibility index (Phi) is 6.47. The number of aryl methyl sites for hydroxylation is 1. The summed E-state index contributed by atoms with van der Waals surface area (Å²) in [4.78, 5) is 18.2. The van der Waals surface area contributed by atoms with E-state index in [9.17, 15) is 10.2 Å². The van der Waals surface area contributed by atoms with Crippen molar-refractivity contribution < 1.29 is 14.9 Å². The van der Waals surface area contributed by atoms with Crippen molar-refractivity contribution in [3.8, 4) is 0 Å². The van der Waals surface area contributed by atoms with Gasteiger partial charge in [-0.2, -0.15) is 12.6 Å². The molecule has 0 saturated carbocycles. The van der Waals surface area contributed by atoms with Gasteiger partial charge in [0.2, 0.25) is 0 Å². The molecule has 0 spiro atoms. The summed E-state index contributed by atoms with van der Waals surface area (Å²) in [6, 6.07) is 8.22. The molecule has 174 valence electrons. The fourth-order valence-electron chi connectivity index (χ4n) is 3.81. The van der Waals surface area contributed by atoms with Crippen LogP contribution in [0.2, 0.25) is 0 Å². The van der Waals surface area contributed by atoms with Crippen molar-refractivity contribution in [2.75, 3.05) is 16.8 Å². The number of aromatic nitrogens is 5. The number of anilines is 1. The zero-order valence-electron chi connectivity index (χ0n) is 18.0. The van der Waals surface area contributed by atoms with E-state index in [0.717, 1.165) is 15.6 Å². The van der Waals surface area contributed by atoms with Crippen molar-refractivity contribution in [3.63, 3.8) is 0 Å². The summed E-state index contributed by atoms with van der Waals surface area (Å²) >= 11 is 7.59. The first-order valence-electron chi connectivity index (χ1n) is 10.5. The molecule has 0 amide bonds. The van der Waals surface area contributed by atoms with Crippen molar-refractivity contribution in [1.82, 2.24) is 24.5 Å². The van der Waals surface area contributed by atoms with Crippen molar-refractivity contribution in [2.24, 2.45) is 0 Å². The second-order valence-corrected chi connectivity index (χ2v) is 10.6. The molecule has 3 N–H and O–H groups in total. The van der Waals surface area contributed by atoms with E-state index < -0.39 is 24.5 Å². The van der Waals surface area contributed by atoms with Gasteiger partial charge in [-0.25, -0.2) is 19.9 Å². The summed E-state index contributed by atoms with van der Waals surface area (Å²) in [5.74, 6) is 2.28. The SMILES string of the molecule is Cc1nc(N[C@H](C)CSc2nc3ccccc3s2)c2ncn([C@@H]3O[C@H](CS)[C@@H](O)[C@H]3O)c2n1. The van der Waals surface area contributed by atoms with Gasteiger partial charge in [0.1, 0.15) is 18.0 Å². The number of fused-ring (bicyclic) bond motifs is 2. The van der Waals surface area contributed by atoms with E-state index >= 15 is 0 Å². The molecule has 0 aliphatic carbocycles. The van der Waals surface area contributed by atoms with E-state index in [2.05, 4.69) is 50.9 Å². The zero-order chi connectivity index (χ0) is 23.1. The number of thioether (sulfide) groups is 1. The number of benzene rings is 1. The van der Waals surface area contributed by atoms with Gasteiger partial charge < -0.3 is 20.3 Å². The highest BCUT2D eigenvalue weighted by Crippen LogP contribution is 2.33. The first-order chi connectivity index (χ1) is 15.9. The molecular weight excluding hydrogens is 480 g/mol. The molecule has 1 saturated heterocycles. The lowest BCUT2D eigenvalue weighted by molar-refractivity contribution is -0.0288. The highest BCUT2D eigenvalue weighted by atomic mass is 32.2. The van der Waals surface area contributed by atoms with Crippen LogP contribution in [0.5, 0.6) is 0 Å². The van der Waals surface area contributed by atoms with Crippen molar-refractivity contribution in [2.45, 2.75) is 48.8 Å². The number of rotatable bonds is 7. The van der Waals surface area contributed by atoms with Gasteiger partial charge in [0.25, 0.3) is 0 Å². The number of imidazole rings is 1. The number of aliphatic hydroxyl groups is 2. The molecular formula is C21H24N6O3S3. The van der Waals surface area contributed by atoms with E-state index in [1.54, 1.807) is 40.9 Å². The molecule has 0 bridgehead atoms. The van der Waals surface area contributed by atoms with Crippen LogP contribution >= 0.6 is 35.7 Å². The Morgan fingerprint density at radius 1 is 1.24 bits per heavy atom. The number of para-hydroxylation sites is 1. The van der Waals surface area contributed by atoms with Crippen LogP contribution in [-0.4, -0.2) is 70.6 Å². The quantitative estimate of drug-likeness (QED) is 0.223. The van der Waals surface area contributed by atoms with Gasteiger partial charge in [-0.05, 0) is 26.0 Å². The summed E-state index contributed by atoms with van der Waals surface area (Å²) in [6.45, 7) is 3.89. The van der Waals surface area contributed by atoms with E-state index in [0.29, 0.717) is 28.6 Å². The maximum Gasteiger partial charge on any atom is 0.167 e. The highest BCUT2D eigenvalue weighted by molar-refractivity contribution is 8.01. The van der Waals surface area contributed by atoms with E-state index in [1.807, 2.05) is 18.2 Å². The van der Waals surface area contributed by atoms with Crippen molar-refractivity contribution in [1.29, 1.82) is 0 Å². The summed E-state index contributed by atoms with van der Waals surface area (Å²) in [5, 5.41) is 24.1. The third-order valence-electron chi connectivity index (χ3n) is 5.44. The maximum absolute atomic E-state index is 10.5. The van der Waals surface area contributed by atoms with Crippen LogP contribution in [0, 0.1) is 6.92 Å². The molecule has 1 fully saturated rings. The monoisotopic (exact) mass is 504 g/mol. The van der Waals surface area contributed by atoms with Crippen molar-refractivity contribution in [3.05, 3.63) is 36.4 Å². The van der Waals surface area contributed by atoms with Crippen LogP contribution in [0.4, 0.5) is 5.82 Å². The summed E-state index contributed by atoms with van der Waals surface area (Å²) < 4.78 is 9.68. The lowest BCUT2D eigenvalue weighted by Crippen LogP contribution is -2.32. The average Bonchev–Trinajstić information content (AvgIpc) is 3.48. The van der Waals surface area contributed by atoms with Gasteiger partial charge in [0.15, 0.2) is 27.5 Å². The molecule has 3 aromatic heterocycles. The average molecular weight is 505 g/mol. The van der Waals surface area contributed by atoms with Crippen LogP contribution < -0.4 is 5.32 Å². The first kappa shape index (κ1) is 22.8. The molecule has 5 rings (SSSR count). The molecule has 0 radical (unpaired) electrons. The number of nitrogens with one attached hydrogen (secondary N) is 1. The van der Waals surface area contributed by atoms with E-state index in [4.69, 9.17) is 4.74 Å². The number of thiol groups is 1. The van der Waals surface area contributed by atoms with Gasteiger partial charge in [-0.1, -0.05) is 23.9 Å². The molecule has 0 unspecified atom stereocenters. The van der Waals surface area contributed by atoms with Crippen LogP contribution in [0.1, 0.15) is 19.0 Å². The van der Waals surface area contributed by atoms with Crippen LogP contribution in [-0.2, 0) is 4.74 Å². The zero-order valence-corrected chi connectivity index (χ0v) is 20.5. The number of hydrogen-bond acceptors (Lipinski definition) is 11. The van der Waals surface area contributed by atoms with Gasteiger partial charge >= 0.3 is 0 Å². The number of ether oxygens (including phenoxy) is 1. The fraction of sp³-hybridized carbons (Fsp3) is 0.429. The lowest BCUT2D eigenvalue weighted by Gasteiger charge is -2.17. The molecule has 1 aliphatic heterocycles. The number of aliphatic hydroxyl groups excluding tert-OH is 2. The summed E-state index contributed by atoms with van der Waals surface area (Å²) in [7, 11) is 0. The minimum atomic E-state index is -1.10. The molecule has 5 atom stereocenters. The largest absolute Gasteiger partial charge is 0.387 e. The summed E-state index contributed by atoms with van der Waals surface area (Å²) in [6.07, 6.45) is -1.92. The second kappa shape index (κ2) is 9.35. The Morgan fingerprint density at radius 2 is 2.06 bits per heavy atom. The summed E-state index contributed by atoms with van der Waals surface area (Å²) in [5.41, 5.74) is 2.13. The topological polar surface area (TPSA) is 118 Å². The smallest absolute Gasteiger partial charge is 0.167 e. The van der Waals surface area contributed by atoms with Crippen molar-refractivity contribution >= 4 is 62.9 Å². The third kappa shape index (κ3) is 4.43. The van der Waals surface area contributed by atoms with Gasteiger partial charge in [-0.15, -0.1) is 11.3 Å². The molecule has 4 aromatic rings. The standard InChI is InChI=1S/C21H24N6O3S3/c1-10(8-32-21-26-12-5-3-4-6-14(12)33-21)23-18-15-19(25-11(2)24-18)27(9-22-15)20-17(29)16(28)13(7-31)30-20/h3-6,9-10,13,16-17,20,28-29,31H,7-8H2,1-2H3,(H,23,24,25)/t10-,13-,16-,17-,20-/m1/s1. The highest BCUT2D eigenvalue weighted by Gasteiger charge is 2.43. The Labute approximate surface area is 204 Å².